The molecular weight excluding hydrogens is 278 g/mol. The Bertz CT molecular complexity index is 472. The summed E-state index contributed by atoms with van der Waals surface area (Å²) in [6.07, 6.45) is 4.56. The monoisotopic (exact) mass is 297 g/mol. The Morgan fingerprint density at radius 1 is 1.50 bits per heavy atom. The van der Waals surface area contributed by atoms with E-state index in [-0.39, 0.29) is 24.7 Å². The number of benzene rings is 1. The third-order valence-corrected chi connectivity index (χ3v) is 3.67. The Hall–Kier alpha value is -1.26. The van der Waals surface area contributed by atoms with E-state index < -0.39 is 0 Å². The molecule has 2 rings (SSSR count). The molecule has 1 amide bonds. The molecule has 0 heterocycles. The van der Waals surface area contributed by atoms with Crippen LogP contribution in [0.25, 0.3) is 0 Å². The van der Waals surface area contributed by atoms with Gasteiger partial charge in [0.15, 0.2) is 0 Å². The number of aliphatic hydroxyl groups excluding tert-OH is 1. The van der Waals surface area contributed by atoms with E-state index in [2.05, 4.69) is 5.32 Å². The molecule has 20 heavy (non-hydrogen) atoms. The van der Waals surface area contributed by atoms with Crippen molar-refractivity contribution in [3.8, 4) is 5.75 Å². The van der Waals surface area contributed by atoms with Gasteiger partial charge in [0.25, 0.3) is 5.91 Å². The molecule has 2 N–H and O–H groups in total. The minimum absolute atomic E-state index is 0.106. The second kappa shape index (κ2) is 6.95. The second-order valence-corrected chi connectivity index (χ2v) is 5.66. The van der Waals surface area contributed by atoms with Crippen molar-refractivity contribution >= 4 is 17.5 Å². The number of halogens is 1. The first kappa shape index (κ1) is 15.1. The van der Waals surface area contributed by atoms with E-state index in [9.17, 15) is 4.79 Å². The Morgan fingerprint density at radius 3 is 2.85 bits per heavy atom. The zero-order valence-electron chi connectivity index (χ0n) is 11.6. The molecule has 5 heteroatoms. The first-order chi connectivity index (χ1) is 9.60. The van der Waals surface area contributed by atoms with Gasteiger partial charge in [-0.15, -0.1) is 0 Å². The number of rotatable bonds is 5. The summed E-state index contributed by atoms with van der Waals surface area (Å²) in [6, 6.07) is 4.75. The summed E-state index contributed by atoms with van der Waals surface area (Å²) in [6.45, 7) is 1.63. The van der Waals surface area contributed by atoms with Gasteiger partial charge in [-0.3, -0.25) is 4.79 Å². The van der Waals surface area contributed by atoms with E-state index in [0.717, 1.165) is 12.8 Å². The minimum atomic E-state index is -0.305. The first-order valence-electron chi connectivity index (χ1n) is 6.98. The first-order valence-corrected chi connectivity index (χ1v) is 7.36. The molecule has 1 aromatic carbocycles. The smallest absolute Gasteiger partial charge is 0.255 e. The number of nitrogens with one attached hydrogen (secondary N) is 1. The lowest BCUT2D eigenvalue weighted by Gasteiger charge is -2.18. The third kappa shape index (κ3) is 3.87. The standard InChI is InChI=1S/C15H20ClNO3/c1-10(9-18)17-15(19)13-8-11(16)6-7-14(13)20-12-4-2-3-5-12/h6-8,10,12,18H,2-5,9H2,1H3,(H,17,19). The molecule has 1 aliphatic rings. The summed E-state index contributed by atoms with van der Waals surface area (Å²) in [7, 11) is 0. The topological polar surface area (TPSA) is 58.6 Å². The highest BCUT2D eigenvalue weighted by molar-refractivity contribution is 6.31. The van der Waals surface area contributed by atoms with Crippen molar-refractivity contribution < 1.29 is 14.6 Å². The Balaban J connectivity index is 2.16. The molecule has 0 bridgehead atoms. The summed E-state index contributed by atoms with van der Waals surface area (Å²) < 4.78 is 5.92. The molecule has 1 atom stereocenters. The van der Waals surface area contributed by atoms with Gasteiger partial charge in [0.1, 0.15) is 5.75 Å². The van der Waals surface area contributed by atoms with Crippen LogP contribution in [0.2, 0.25) is 5.02 Å². The highest BCUT2D eigenvalue weighted by Gasteiger charge is 2.21. The summed E-state index contributed by atoms with van der Waals surface area (Å²) >= 11 is 5.96. The lowest BCUT2D eigenvalue weighted by molar-refractivity contribution is 0.0915. The third-order valence-electron chi connectivity index (χ3n) is 3.43. The van der Waals surface area contributed by atoms with Crippen LogP contribution in [0, 0.1) is 0 Å². The van der Waals surface area contributed by atoms with Gasteiger partial charge in [-0.2, -0.15) is 0 Å². The summed E-state index contributed by atoms with van der Waals surface area (Å²) in [5.74, 6) is 0.283. The van der Waals surface area contributed by atoms with Gasteiger partial charge in [-0.25, -0.2) is 0 Å². The van der Waals surface area contributed by atoms with Crippen molar-refractivity contribution in [3.05, 3.63) is 28.8 Å². The van der Waals surface area contributed by atoms with E-state index in [1.165, 1.54) is 12.8 Å². The highest BCUT2D eigenvalue weighted by Crippen LogP contribution is 2.28. The van der Waals surface area contributed by atoms with E-state index >= 15 is 0 Å². The SMILES string of the molecule is CC(CO)NC(=O)c1cc(Cl)ccc1OC1CCCC1. The summed E-state index contributed by atoms with van der Waals surface area (Å²) in [5, 5.41) is 12.2. The number of ether oxygens (including phenoxy) is 1. The fourth-order valence-electron chi connectivity index (χ4n) is 2.32. The van der Waals surface area contributed by atoms with Crippen LogP contribution >= 0.6 is 11.6 Å². The van der Waals surface area contributed by atoms with Crippen LogP contribution in [0.1, 0.15) is 43.0 Å². The van der Waals surface area contributed by atoms with Crippen molar-refractivity contribution in [2.75, 3.05) is 6.61 Å². The van der Waals surface area contributed by atoms with Crippen molar-refractivity contribution in [2.24, 2.45) is 0 Å². The van der Waals surface area contributed by atoms with E-state index in [0.29, 0.717) is 16.3 Å². The van der Waals surface area contributed by atoms with Crippen LogP contribution in [0.4, 0.5) is 0 Å². The van der Waals surface area contributed by atoms with Crippen LogP contribution in [0.15, 0.2) is 18.2 Å². The Morgan fingerprint density at radius 2 is 2.20 bits per heavy atom. The molecule has 0 radical (unpaired) electrons. The van der Waals surface area contributed by atoms with Crippen LogP contribution in [0.3, 0.4) is 0 Å². The number of hydrogen-bond donors (Lipinski definition) is 2. The van der Waals surface area contributed by atoms with Gasteiger partial charge in [0, 0.05) is 11.1 Å². The molecule has 1 saturated carbocycles. The molecule has 0 saturated heterocycles. The fraction of sp³-hybridized carbons (Fsp3) is 0.533. The van der Waals surface area contributed by atoms with Gasteiger partial charge < -0.3 is 15.2 Å². The summed E-state index contributed by atoms with van der Waals surface area (Å²) in [4.78, 5) is 12.2. The van der Waals surface area contributed by atoms with Crippen LogP contribution in [0.5, 0.6) is 5.75 Å². The molecule has 1 aliphatic carbocycles. The van der Waals surface area contributed by atoms with Gasteiger partial charge in [0.05, 0.1) is 18.3 Å². The second-order valence-electron chi connectivity index (χ2n) is 5.22. The maximum atomic E-state index is 12.2. The average Bonchev–Trinajstić information content (AvgIpc) is 2.93. The fourth-order valence-corrected chi connectivity index (χ4v) is 2.49. The number of carbonyl (C=O) groups excluding carboxylic acids is 1. The number of aliphatic hydroxyl groups is 1. The lowest BCUT2D eigenvalue weighted by atomic mass is 10.1. The largest absolute Gasteiger partial charge is 0.490 e. The molecule has 1 fully saturated rings. The molecule has 0 aliphatic heterocycles. The van der Waals surface area contributed by atoms with Gasteiger partial charge in [-0.05, 0) is 50.8 Å². The van der Waals surface area contributed by atoms with Crippen LogP contribution < -0.4 is 10.1 Å². The van der Waals surface area contributed by atoms with E-state index in [1.54, 1.807) is 25.1 Å². The molecular formula is C15H20ClNO3. The van der Waals surface area contributed by atoms with Gasteiger partial charge in [-0.1, -0.05) is 11.6 Å². The molecule has 1 unspecified atom stereocenters. The van der Waals surface area contributed by atoms with Crippen molar-refractivity contribution in [3.63, 3.8) is 0 Å². The number of hydrogen-bond acceptors (Lipinski definition) is 3. The summed E-state index contributed by atoms with van der Waals surface area (Å²) in [5.41, 5.74) is 0.421. The predicted molar refractivity (Wildman–Crippen MR) is 78.4 cm³/mol. The predicted octanol–water partition coefficient (Wildman–Crippen LogP) is 2.77. The number of carbonyl (C=O) groups is 1. The quantitative estimate of drug-likeness (QED) is 0.878. The minimum Gasteiger partial charge on any atom is -0.490 e. The van der Waals surface area contributed by atoms with Crippen molar-refractivity contribution in [2.45, 2.75) is 44.8 Å². The van der Waals surface area contributed by atoms with Crippen molar-refractivity contribution in [1.29, 1.82) is 0 Å². The Kier molecular flexibility index (Phi) is 5.26. The average molecular weight is 298 g/mol. The zero-order valence-corrected chi connectivity index (χ0v) is 12.3. The molecule has 0 aromatic heterocycles. The molecule has 0 spiro atoms. The van der Waals surface area contributed by atoms with Crippen molar-refractivity contribution in [1.82, 2.24) is 5.32 Å². The lowest BCUT2D eigenvalue weighted by Crippen LogP contribution is -2.35. The molecule has 1 aromatic rings. The van der Waals surface area contributed by atoms with E-state index in [4.69, 9.17) is 21.4 Å². The van der Waals surface area contributed by atoms with Gasteiger partial charge in [0.2, 0.25) is 0 Å². The zero-order chi connectivity index (χ0) is 14.5. The number of amides is 1. The van der Waals surface area contributed by atoms with Crippen LogP contribution in [-0.2, 0) is 0 Å². The maximum Gasteiger partial charge on any atom is 0.255 e. The highest BCUT2D eigenvalue weighted by atomic mass is 35.5. The maximum absolute atomic E-state index is 12.2. The Labute approximate surface area is 124 Å². The molecule has 4 nitrogen and oxygen atoms in total. The normalized spacial score (nSPS) is 16.9. The van der Waals surface area contributed by atoms with Gasteiger partial charge >= 0.3 is 0 Å². The van der Waals surface area contributed by atoms with Crippen LogP contribution in [-0.4, -0.2) is 29.8 Å². The molecule has 110 valence electrons. The van der Waals surface area contributed by atoms with E-state index in [1.807, 2.05) is 0 Å².